The van der Waals surface area contributed by atoms with Crippen LogP contribution in [0, 0.1) is 0 Å². The summed E-state index contributed by atoms with van der Waals surface area (Å²) in [7, 11) is 0. The van der Waals surface area contributed by atoms with Crippen molar-refractivity contribution in [2.45, 2.75) is 51.8 Å². The van der Waals surface area contributed by atoms with E-state index < -0.39 is 48.0 Å². The molecule has 1 fully saturated rings. The third kappa shape index (κ3) is 3.69. The average Bonchev–Trinajstić information content (AvgIpc) is 2.22. The molecule has 0 spiro atoms. The van der Waals surface area contributed by atoms with E-state index in [1.165, 1.54) is 0 Å². The number of hydrogen-bond donors (Lipinski definition) is 2. The first-order valence-corrected chi connectivity index (χ1v) is 6.10. The number of hydrogen-bond acceptors (Lipinski definition) is 5. The third-order valence-corrected chi connectivity index (χ3v) is 2.64. The van der Waals surface area contributed by atoms with Gasteiger partial charge in [0.05, 0.1) is 6.04 Å². The molecule has 112 valence electrons. The molecule has 1 rings (SSSR count). The van der Waals surface area contributed by atoms with Crippen molar-refractivity contribution in [3.8, 4) is 0 Å². The van der Waals surface area contributed by atoms with Gasteiger partial charge in [0, 0.05) is 0 Å². The number of nitrogens with one attached hydrogen (secondary N) is 1. The second-order valence-electron chi connectivity index (χ2n) is 5.54. The summed E-state index contributed by atoms with van der Waals surface area (Å²) >= 11 is 0. The van der Waals surface area contributed by atoms with E-state index >= 15 is 0 Å². The van der Waals surface area contributed by atoms with Crippen LogP contribution in [0.1, 0.15) is 34.1 Å². The first-order chi connectivity index (χ1) is 9.03. The molecule has 0 saturated carbocycles. The van der Waals surface area contributed by atoms with Gasteiger partial charge in [-0.3, -0.25) is 19.3 Å². The molecule has 0 bridgehead atoms. The molecule has 8 nitrogen and oxygen atoms in total. The number of carboxylic acid groups (broad SMARTS) is 1. The molecule has 0 radical (unpaired) electrons. The minimum Gasteiger partial charge on any atom is -0.481 e. The maximum atomic E-state index is 11.7. The number of carbonyl (C=O) groups is 4. The molecule has 1 saturated heterocycles. The lowest BCUT2D eigenvalue weighted by Crippen LogP contribution is -2.71. The smallest absolute Gasteiger partial charge is 0.408 e. The number of ether oxygens (including phenoxy) is 1. The van der Waals surface area contributed by atoms with Gasteiger partial charge in [-0.05, 0) is 27.7 Å². The Kier molecular flexibility index (Phi) is 4.36. The Balaban J connectivity index is 2.57. The highest BCUT2D eigenvalue weighted by atomic mass is 16.6. The summed E-state index contributed by atoms with van der Waals surface area (Å²) in [5.74, 6) is -2.73. The highest BCUT2D eigenvalue weighted by Gasteiger charge is 2.49. The summed E-state index contributed by atoms with van der Waals surface area (Å²) in [5.41, 5.74) is -0.696. The summed E-state index contributed by atoms with van der Waals surface area (Å²) in [4.78, 5) is 46.0. The molecule has 20 heavy (non-hydrogen) atoms. The molecule has 3 amide bonds. The number of amides is 3. The van der Waals surface area contributed by atoms with E-state index in [0.29, 0.717) is 0 Å². The normalized spacial score (nSPS) is 22.0. The SMILES string of the molecule is C[C@H]1[C@H](NC(=O)OC(C)(C)C)C(=O)N1C(=O)CC(=O)O. The summed E-state index contributed by atoms with van der Waals surface area (Å²) < 4.78 is 5.00. The van der Waals surface area contributed by atoms with Crippen molar-refractivity contribution in [2.75, 3.05) is 0 Å². The van der Waals surface area contributed by atoms with Crippen LogP contribution in [-0.4, -0.2) is 51.6 Å². The van der Waals surface area contributed by atoms with E-state index in [9.17, 15) is 19.2 Å². The van der Waals surface area contributed by atoms with Crippen LogP contribution in [0.25, 0.3) is 0 Å². The zero-order valence-corrected chi connectivity index (χ0v) is 11.8. The molecule has 1 aliphatic heterocycles. The Labute approximate surface area is 116 Å². The maximum absolute atomic E-state index is 11.7. The van der Waals surface area contributed by atoms with Crippen molar-refractivity contribution in [3.63, 3.8) is 0 Å². The summed E-state index contributed by atoms with van der Waals surface area (Å²) in [6.45, 7) is 6.59. The van der Waals surface area contributed by atoms with Crippen LogP contribution in [0.2, 0.25) is 0 Å². The van der Waals surface area contributed by atoms with Crippen molar-refractivity contribution in [2.24, 2.45) is 0 Å². The number of alkyl carbamates (subject to hydrolysis) is 1. The van der Waals surface area contributed by atoms with Gasteiger partial charge in [-0.1, -0.05) is 0 Å². The summed E-state index contributed by atoms with van der Waals surface area (Å²) in [5, 5.41) is 10.9. The van der Waals surface area contributed by atoms with Crippen LogP contribution in [0.15, 0.2) is 0 Å². The van der Waals surface area contributed by atoms with Crippen LogP contribution in [0.3, 0.4) is 0 Å². The quantitative estimate of drug-likeness (QED) is 0.562. The predicted octanol–water partition coefficient (Wildman–Crippen LogP) is 0.112. The Morgan fingerprint density at radius 3 is 2.30 bits per heavy atom. The number of carboxylic acids is 1. The zero-order valence-electron chi connectivity index (χ0n) is 11.8. The van der Waals surface area contributed by atoms with E-state index in [1.807, 2.05) is 0 Å². The number of carbonyl (C=O) groups excluding carboxylic acids is 3. The molecule has 8 heteroatoms. The molecule has 0 aromatic carbocycles. The van der Waals surface area contributed by atoms with Crippen molar-refractivity contribution in [3.05, 3.63) is 0 Å². The molecular weight excluding hydrogens is 268 g/mol. The second kappa shape index (κ2) is 5.48. The minimum atomic E-state index is -1.31. The van der Waals surface area contributed by atoms with Crippen molar-refractivity contribution >= 4 is 23.9 Å². The van der Waals surface area contributed by atoms with Gasteiger partial charge in [0.15, 0.2) is 0 Å². The Hall–Kier alpha value is -2.12. The minimum absolute atomic E-state index is 0.595. The van der Waals surface area contributed by atoms with Crippen molar-refractivity contribution in [1.29, 1.82) is 0 Å². The van der Waals surface area contributed by atoms with Gasteiger partial charge < -0.3 is 15.2 Å². The van der Waals surface area contributed by atoms with Crippen LogP contribution in [0.5, 0.6) is 0 Å². The van der Waals surface area contributed by atoms with Crippen molar-refractivity contribution in [1.82, 2.24) is 10.2 Å². The molecule has 2 N–H and O–H groups in total. The highest BCUT2D eigenvalue weighted by molar-refractivity contribution is 6.08. The number of β-lactam (4-membered cyclic amide) rings is 1. The van der Waals surface area contributed by atoms with Gasteiger partial charge in [-0.2, -0.15) is 0 Å². The third-order valence-electron chi connectivity index (χ3n) is 2.64. The van der Waals surface area contributed by atoms with E-state index in [1.54, 1.807) is 27.7 Å². The van der Waals surface area contributed by atoms with Gasteiger partial charge in [0.1, 0.15) is 18.1 Å². The lowest BCUT2D eigenvalue weighted by atomic mass is 9.96. The number of rotatable bonds is 3. The lowest BCUT2D eigenvalue weighted by molar-refractivity contribution is -0.162. The van der Waals surface area contributed by atoms with Gasteiger partial charge in [-0.15, -0.1) is 0 Å². The predicted molar refractivity (Wildman–Crippen MR) is 66.7 cm³/mol. The van der Waals surface area contributed by atoms with E-state index in [4.69, 9.17) is 9.84 Å². The van der Waals surface area contributed by atoms with Crippen LogP contribution in [-0.2, 0) is 19.1 Å². The summed E-state index contributed by atoms with van der Waals surface area (Å²) in [6, 6.07) is -1.47. The number of imide groups is 1. The molecular formula is C12H18N2O6. The Bertz CT molecular complexity index is 453. The Morgan fingerprint density at radius 1 is 1.35 bits per heavy atom. The Morgan fingerprint density at radius 2 is 1.90 bits per heavy atom. The van der Waals surface area contributed by atoms with E-state index in [2.05, 4.69) is 5.32 Å². The van der Waals surface area contributed by atoms with Crippen LogP contribution in [0.4, 0.5) is 4.79 Å². The standard InChI is InChI=1S/C12H18N2O6/c1-6-9(13-11(19)20-12(2,3)4)10(18)14(6)7(15)5-8(16)17/h6,9H,5H2,1-4H3,(H,13,19)(H,16,17)/t6-,9-/m0/s1. The molecule has 0 aliphatic carbocycles. The summed E-state index contributed by atoms with van der Waals surface area (Å²) in [6.07, 6.45) is -1.51. The van der Waals surface area contributed by atoms with Gasteiger partial charge in [0.2, 0.25) is 5.91 Å². The highest BCUT2D eigenvalue weighted by Crippen LogP contribution is 2.21. The van der Waals surface area contributed by atoms with E-state index in [0.717, 1.165) is 4.90 Å². The average molecular weight is 286 g/mol. The van der Waals surface area contributed by atoms with Gasteiger partial charge in [0.25, 0.3) is 5.91 Å². The number of nitrogens with zero attached hydrogens (tertiary/aromatic N) is 1. The molecule has 0 aromatic rings. The van der Waals surface area contributed by atoms with Gasteiger partial charge >= 0.3 is 12.1 Å². The zero-order chi connectivity index (χ0) is 15.7. The molecule has 2 atom stereocenters. The molecule has 1 heterocycles. The van der Waals surface area contributed by atoms with E-state index in [-0.39, 0.29) is 0 Å². The largest absolute Gasteiger partial charge is 0.481 e. The first kappa shape index (κ1) is 15.9. The number of aliphatic carboxylic acids is 1. The second-order valence-corrected chi connectivity index (χ2v) is 5.54. The topological polar surface area (TPSA) is 113 Å². The number of likely N-dealkylation sites (tertiary alicyclic amines) is 1. The fraction of sp³-hybridized carbons (Fsp3) is 0.667. The van der Waals surface area contributed by atoms with Crippen LogP contribution < -0.4 is 5.32 Å². The molecule has 0 unspecified atom stereocenters. The molecule has 0 aromatic heterocycles. The lowest BCUT2D eigenvalue weighted by Gasteiger charge is -2.43. The van der Waals surface area contributed by atoms with Crippen LogP contribution >= 0.6 is 0 Å². The van der Waals surface area contributed by atoms with Crippen molar-refractivity contribution < 1.29 is 29.0 Å². The van der Waals surface area contributed by atoms with Gasteiger partial charge in [-0.25, -0.2) is 4.79 Å². The first-order valence-electron chi connectivity index (χ1n) is 6.10. The monoisotopic (exact) mass is 286 g/mol. The molecule has 1 aliphatic rings. The fourth-order valence-corrected chi connectivity index (χ4v) is 1.81. The fourth-order valence-electron chi connectivity index (χ4n) is 1.81. The maximum Gasteiger partial charge on any atom is 0.408 e.